The molecule has 30 heavy (non-hydrogen) atoms. The van der Waals surface area contributed by atoms with E-state index in [2.05, 4.69) is 10.6 Å². The number of imide groups is 1. The van der Waals surface area contributed by atoms with Crippen LogP contribution in [-0.4, -0.2) is 59.7 Å². The van der Waals surface area contributed by atoms with Crippen LogP contribution in [0.25, 0.3) is 11.1 Å². The largest absolute Gasteiger partial charge is 0.480 e. The molecule has 4 rings (SSSR count). The molecule has 9 nitrogen and oxygen atoms in total. The predicted molar refractivity (Wildman–Crippen MR) is 105 cm³/mol. The fraction of sp³-hybridized carbons (Fsp3) is 0.238. The molecule has 1 heterocycles. The molecule has 1 fully saturated rings. The number of carbonyl (C=O) groups is 4. The molecule has 1 aliphatic carbocycles. The van der Waals surface area contributed by atoms with Crippen LogP contribution < -0.4 is 10.6 Å². The molecule has 1 atom stereocenters. The third-order valence-electron chi connectivity index (χ3n) is 5.19. The summed E-state index contributed by atoms with van der Waals surface area (Å²) in [6.07, 6.45) is -0.726. The lowest BCUT2D eigenvalue weighted by Crippen LogP contribution is -2.42. The molecule has 2 aliphatic rings. The number of carboxylic acids is 1. The Morgan fingerprint density at radius 3 is 2.23 bits per heavy atom. The van der Waals surface area contributed by atoms with Gasteiger partial charge in [-0.1, -0.05) is 48.5 Å². The molecule has 0 spiro atoms. The molecule has 2 aromatic carbocycles. The number of fused-ring (bicyclic) bond motifs is 3. The standard InChI is InChI=1S/C21H19N3O6/c25-18(26)10-24-19(27)17(23-20(24)28)9-22-21(29)30-11-16-14-7-3-1-5-12(14)13-6-2-4-8-15(13)16/h1-8,16-17H,9-11H2,(H,22,29)(H,23,28)(H,25,26). The molecule has 1 aliphatic heterocycles. The second kappa shape index (κ2) is 7.86. The molecule has 0 saturated carbocycles. The number of nitrogens with zero attached hydrogens (tertiary/aromatic N) is 1. The van der Waals surface area contributed by atoms with E-state index < -0.39 is 36.6 Å². The van der Waals surface area contributed by atoms with Crippen LogP contribution in [0.2, 0.25) is 0 Å². The monoisotopic (exact) mass is 409 g/mol. The maximum atomic E-state index is 12.2. The van der Waals surface area contributed by atoms with Crippen molar-refractivity contribution in [2.24, 2.45) is 0 Å². The van der Waals surface area contributed by atoms with Gasteiger partial charge in [-0.3, -0.25) is 14.5 Å². The average molecular weight is 409 g/mol. The van der Waals surface area contributed by atoms with Gasteiger partial charge in [0.2, 0.25) is 0 Å². The van der Waals surface area contributed by atoms with Gasteiger partial charge in [0.05, 0.1) is 6.54 Å². The van der Waals surface area contributed by atoms with E-state index in [9.17, 15) is 19.2 Å². The van der Waals surface area contributed by atoms with E-state index in [1.165, 1.54) is 0 Å². The molecule has 0 radical (unpaired) electrons. The third-order valence-corrected chi connectivity index (χ3v) is 5.19. The molecule has 0 aromatic heterocycles. The summed E-state index contributed by atoms with van der Waals surface area (Å²) >= 11 is 0. The number of ether oxygens (including phenoxy) is 1. The van der Waals surface area contributed by atoms with Crippen molar-refractivity contribution in [2.45, 2.75) is 12.0 Å². The highest BCUT2D eigenvalue weighted by Gasteiger charge is 2.39. The van der Waals surface area contributed by atoms with Gasteiger partial charge in [0.15, 0.2) is 0 Å². The Balaban J connectivity index is 1.34. The van der Waals surface area contributed by atoms with Crippen LogP contribution in [0.1, 0.15) is 17.0 Å². The molecule has 9 heteroatoms. The zero-order chi connectivity index (χ0) is 21.3. The van der Waals surface area contributed by atoms with Crippen molar-refractivity contribution in [2.75, 3.05) is 19.7 Å². The zero-order valence-corrected chi connectivity index (χ0v) is 15.8. The number of carboxylic acid groups (broad SMARTS) is 1. The van der Waals surface area contributed by atoms with Crippen LogP contribution in [0.3, 0.4) is 0 Å². The summed E-state index contributed by atoms with van der Waals surface area (Å²) in [5.41, 5.74) is 4.38. The number of hydrogen-bond acceptors (Lipinski definition) is 5. The molecule has 2 aromatic rings. The SMILES string of the molecule is O=C(O)CN1C(=O)NC(CNC(=O)OCC2c3ccccc3-c3ccccc32)C1=O. The maximum Gasteiger partial charge on any atom is 0.407 e. The molecule has 1 unspecified atom stereocenters. The minimum Gasteiger partial charge on any atom is -0.480 e. The summed E-state index contributed by atoms with van der Waals surface area (Å²) in [4.78, 5) is 47.3. The number of carbonyl (C=O) groups excluding carboxylic acids is 3. The van der Waals surface area contributed by atoms with Crippen molar-refractivity contribution in [1.82, 2.24) is 15.5 Å². The summed E-state index contributed by atoms with van der Waals surface area (Å²) in [7, 11) is 0. The second-order valence-corrected chi connectivity index (χ2v) is 7.03. The third kappa shape index (κ3) is 3.57. The molecule has 3 N–H and O–H groups in total. The van der Waals surface area contributed by atoms with Gasteiger partial charge in [-0.15, -0.1) is 0 Å². The number of nitrogens with one attached hydrogen (secondary N) is 2. The van der Waals surface area contributed by atoms with E-state index in [0.29, 0.717) is 4.90 Å². The van der Waals surface area contributed by atoms with Gasteiger partial charge < -0.3 is 20.5 Å². The highest BCUT2D eigenvalue weighted by Crippen LogP contribution is 2.44. The first-order valence-corrected chi connectivity index (χ1v) is 9.38. The summed E-state index contributed by atoms with van der Waals surface area (Å²) in [5.74, 6) is -2.10. The van der Waals surface area contributed by atoms with Crippen LogP contribution >= 0.6 is 0 Å². The Bertz CT molecular complexity index is 991. The first-order chi connectivity index (χ1) is 14.5. The van der Waals surface area contributed by atoms with Crippen LogP contribution in [-0.2, 0) is 14.3 Å². The van der Waals surface area contributed by atoms with Gasteiger partial charge in [0, 0.05) is 5.92 Å². The lowest BCUT2D eigenvalue weighted by Gasteiger charge is -2.15. The lowest BCUT2D eigenvalue weighted by molar-refractivity contribution is -0.141. The highest BCUT2D eigenvalue weighted by molar-refractivity contribution is 6.06. The smallest absolute Gasteiger partial charge is 0.407 e. The minimum atomic E-state index is -1.30. The number of urea groups is 1. The Labute approximate surface area is 171 Å². The average Bonchev–Trinajstić information content (AvgIpc) is 3.19. The van der Waals surface area contributed by atoms with E-state index in [-0.39, 0.29) is 19.1 Å². The number of rotatable bonds is 6. The number of benzene rings is 2. The lowest BCUT2D eigenvalue weighted by atomic mass is 9.98. The molecule has 154 valence electrons. The van der Waals surface area contributed by atoms with E-state index in [1.54, 1.807) is 0 Å². The predicted octanol–water partition coefficient (Wildman–Crippen LogP) is 1.53. The topological polar surface area (TPSA) is 125 Å². The van der Waals surface area contributed by atoms with Crippen LogP contribution in [0.15, 0.2) is 48.5 Å². The van der Waals surface area contributed by atoms with Crippen molar-refractivity contribution in [3.8, 4) is 11.1 Å². The van der Waals surface area contributed by atoms with Crippen molar-refractivity contribution in [3.05, 3.63) is 59.7 Å². The van der Waals surface area contributed by atoms with Gasteiger partial charge in [0.1, 0.15) is 19.2 Å². The van der Waals surface area contributed by atoms with Gasteiger partial charge in [-0.25, -0.2) is 9.59 Å². The van der Waals surface area contributed by atoms with Gasteiger partial charge in [-0.05, 0) is 22.3 Å². The Hall–Kier alpha value is -3.88. The van der Waals surface area contributed by atoms with Crippen molar-refractivity contribution in [3.63, 3.8) is 0 Å². The van der Waals surface area contributed by atoms with E-state index in [4.69, 9.17) is 9.84 Å². The van der Waals surface area contributed by atoms with Crippen LogP contribution in [0.4, 0.5) is 9.59 Å². The summed E-state index contributed by atoms with van der Waals surface area (Å²) in [6, 6.07) is 14.1. The van der Waals surface area contributed by atoms with E-state index in [0.717, 1.165) is 22.3 Å². The Kier molecular flexibility index (Phi) is 5.09. The fourth-order valence-corrected chi connectivity index (χ4v) is 3.84. The quantitative estimate of drug-likeness (QED) is 0.622. The zero-order valence-electron chi connectivity index (χ0n) is 15.8. The normalized spacial score (nSPS) is 17.3. The van der Waals surface area contributed by atoms with E-state index >= 15 is 0 Å². The summed E-state index contributed by atoms with van der Waals surface area (Å²) < 4.78 is 5.37. The number of hydrogen-bond donors (Lipinski definition) is 3. The van der Waals surface area contributed by atoms with Crippen molar-refractivity contribution in [1.29, 1.82) is 0 Å². The van der Waals surface area contributed by atoms with Crippen LogP contribution in [0, 0.1) is 0 Å². The molecule has 1 saturated heterocycles. The van der Waals surface area contributed by atoms with Crippen molar-refractivity contribution >= 4 is 24.0 Å². The Morgan fingerprint density at radius 1 is 1.03 bits per heavy atom. The Morgan fingerprint density at radius 2 is 1.63 bits per heavy atom. The van der Waals surface area contributed by atoms with Gasteiger partial charge >= 0.3 is 18.1 Å². The second-order valence-electron chi connectivity index (χ2n) is 7.03. The molecular weight excluding hydrogens is 390 g/mol. The van der Waals surface area contributed by atoms with Crippen molar-refractivity contribution < 1.29 is 29.0 Å². The molecule has 4 amide bonds. The first kappa shape index (κ1) is 19.4. The number of alkyl carbamates (subject to hydrolysis) is 1. The maximum absolute atomic E-state index is 12.2. The summed E-state index contributed by atoms with van der Waals surface area (Å²) in [5, 5.41) is 13.6. The van der Waals surface area contributed by atoms with E-state index in [1.807, 2.05) is 48.5 Å². The molecule has 0 bridgehead atoms. The minimum absolute atomic E-state index is 0.0953. The van der Waals surface area contributed by atoms with Crippen LogP contribution in [0.5, 0.6) is 0 Å². The molecular formula is C21H19N3O6. The number of amides is 4. The van der Waals surface area contributed by atoms with Gasteiger partial charge in [-0.2, -0.15) is 0 Å². The fourth-order valence-electron chi connectivity index (χ4n) is 3.84. The van der Waals surface area contributed by atoms with Gasteiger partial charge in [0.25, 0.3) is 5.91 Å². The first-order valence-electron chi connectivity index (χ1n) is 9.38. The highest BCUT2D eigenvalue weighted by atomic mass is 16.5. The number of aliphatic carboxylic acids is 1. The summed E-state index contributed by atoms with van der Waals surface area (Å²) in [6.45, 7) is -0.806.